The molecule has 0 aliphatic rings. The zero-order valence-electron chi connectivity index (χ0n) is 14.7. The van der Waals surface area contributed by atoms with Crippen LogP contribution in [0.5, 0.6) is 5.75 Å². The van der Waals surface area contributed by atoms with Gasteiger partial charge < -0.3 is 14.4 Å². The van der Waals surface area contributed by atoms with Gasteiger partial charge in [-0.1, -0.05) is 29.8 Å². The molecule has 2 aromatic carbocycles. The van der Waals surface area contributed by atoms with Crippen LogP contribution in [0.25, 0.3) is 10.9 Å². The fourth-order valence-electron chi connectivity index (χ4n) is 3.14. The van der Waals surface area contributed by atoms with E-state index in [0.29, 0.717) is 5.75 Å². The second kappa shape index (κ2) is 7.25. The minimum atomic E-state index is -0.876. The first-order chi connectivity index (χ1) is 13.1. The molecule has 1 atom stereocenters. The molecule has 0 fully saturated rings. The molecule has 0 saturated heterocycles. The predicted molar refractivity (Wildman–Crippen MR) is 105 cm³/mol. The molecule has 136 valence electrons. The van der Waals surface area contributed by atoms with E-state index in [4.69, 9.17) is 9.84 Å². The van der Waals surface area contributed by atoms with E-state index in [9.17, 15) is 4.79 Å². The summed E-state index contributed by atoms with van der Waals surface area (Å²) < 4.78 is 8.02. The van der Waals surface area contributed by atoms with E-state index >= 15 is 0 Å². The molecule has 5 nitrogen and oxygen atoms in total. The molecule has 2 aromatic heterocycles. The van der Waals surface area contributed by atoms with Gasteiger partial charge in [-0.15, -0.1) is 11.3 Å². The number of rotatable bonds is 6. The van der Waals surface area contributed by atoms with Crippen LogP contribution in [0.1, 0.15) is 22.9 Å². The smallest absolute Gasteiger partial charge is 0.323 e. The van der Waals surface area contributed by atoms with Crippen molar-refractivity contribution in [3.8, 4) is 5.75 Å². The van der Waals surface area contributed by atoms with Crippen molar-refractivity contribution in [1.29, 1.82) is 0 Å². The van der Waals surface area contributed by atoms with Gasteiger partial charge in [-0.25, -0.2) is 4.98 Å². The lowest BCUT2D eigenvalue weighted by atomic mass is 10.0. The Labute approximate surface area is 160 Å². The molecule has 0 aliphatic carbocycles. The molecule has 6 heteroatoms. The molecule has 0 amide bonds. The molecule has 1 unspecified atom stereocenters. The van der Waals surface area contributed by atoms with E-state index in [2.05, 4.69) is 11.1 Å². The normalized spacial score (nSPS) is 12.2. The van der Waals surface area contributed by atoms with Crippen molar-refractivity contribution in [3.63, 3.8) is 0 Å². The van der Waals surface area contributed by atoms with Crippen LogP contribution < -0.4 is 4.74 Å². The Morgan fingerprint density at radius 2 is 2.15 bits per heavy atom. The molecule has 0 spiro atoms. The van der Waals surface area contributed by atoms with Gasteiger partial charge in [-0.2, -0.15) is 0 Å². The van der Waals surface area contributed by atoms with Crippen LogP contribution in [0.2, 0.25) is 0 Å². The number of thiazole rings is 1. The Morgan fingerprint density at radius 1 is 1.26 bits per heavy atom. The van der Waals surface area contributed by atoms with Gasteiger partial charge in [0.2, 0.25) is 0 Å². The summed E-state index contributed by atoms with van der Waals surface area (Å²) in [6.07, 6.45) is 1.46. The highest BCUT2D eigenvalue weighted by Crippen LogP contribution is 2.31. The Hall–Kier alpha value is -3.12. The van der Waals surface area contributed by atoms with Crippen molar-refractivity contribution in [2.75, 3.05) is 0 Å². The van der Waals surface area contributed by atoms with E-state index in [1.54, 1.807) is 16.3 Å². The van der Waals surface area contributed by atoms with E-state index < -0.39 is 5.97 Å². The number of benzene rings is 2. The van der Waals surface area contributed by atoms with Gasteiger partial charge in [0, 0.05) is 17.6 Å². The minimum Gasteiger partial charge on any atom is -0.480 e. The first kappa shape index (κ1) is 17.3. The number of fused-ring (bicyclic) bond motifs is 1. The second-order valence-corrected chi connectivity index (χ2v) is 7.10. The van der Waals surface area contributed by atoms with E-state index in [-0.39, 0.29) is 12.6 Å². The van der Waals surface area contributed by atoms with Gasteiger partial charge in [0.05, 0.1) is 16.7 Å². The van der Waals surface area contributed by atoms with Crippen molar-refractivity contribution in [2.45, 2.75) is 19.6 Å². The lowest BCUT2D eigenvalue weighted by Crippen LogP contribution is -2.10. The number of carbonyl (C=O) groups is 1. The number of carboxylic acid groups (broad SMARTS) is 1. The summed E-state index contributed by atoms with van der Waals surface area (Å²) in [6, 6.07) is 15.8. The average Bonchev–Trinajstić information content (AvgIpc) is 3.30. The summed E-state index contributed by atoms with van der Waals surface area (Å²) >= 11 is 1.53. The first-order valence-corrected chi connectivity index (χ1v) is 9.46. The number of nitrogens with zero attached hydrogens (tertiary/aromatic N) is 2. The predicted octanol–water partition coefficient (Wildman–Crippen LogP) is 4.66. The maximum Gasteiger partial charge on any atom is 0.323 e. The molecular formula is C21H18N2O3S. The minimum absolute atomic E-state index is 0.0830. The van der Waals surface area contributed by atoms with Crippen LogP contribution in [-0.4, -0.2) is 20.6 Å². The van der Waals surface area contributed by atoms with Crippen LogP contribution >= 0.6 is 11.3 Å². The van der Waals surface area contributed by atoms with Crippen LogP contribution in [0.15, 0.2) is 65.6 Å². The Morgan fingerprint density at radius 3 is 2.89 bits per heavy atom. The summed E-state index contributed by atoms with van der Waals surface area (Å²) in [4.78, 5) is 15.5. The van der Waals surface area contributed by atoms with Gasteiger partial charge in [-0.3, -0.25) is 4.79 Å². The lowest BCUT2D eigenvalue weighted by molar-refractivity contribution is -0.137. The first-order valence-electron chi connectivity index (χ1n) is 8.52. The van der Waals surface area contributed by atoms with Gasteiger partial charge >= 0.3 is 5.97 Å². The van der Waals surface area contributed by atoms with Gasteiger partial charge in [0.25, 0.3) is 0 Å². The number of hydrogen-bond acceptors (Lipinski definition) is 4. The number of aromatic nitrogens is 2. The molecular weight excluding hydrogens is 360 g/mol. The maximum absolute atomic E-state index is 11.1. The summed E-state index contributed by atoms with van der Waals surface area (Å²) in [5.74, 6) is -0.203. The topological polar surface area (TPSA) is 64.3 Å². The van der Waals surface area contributed by atoms with Gasteiger partial charge in [-0.05, 0) is 36.1 Å². The highest BCUT2D eigenvalue weighted by atomic mass is 32.1. The van der Waals surface area contributed by atoms with Crippen LogP contribution in [0.3, 0.4) is 0 Å². The maximum atomic E-state index is 11.1. The van der Waals surface area contributed by atoms with Crippen molar-refractivity contribution >= 4 is 28.2 Å². The number of ether oxygens (including phenoxy) is 1. The summed E-state index contributed by atoms with van der Waals surface area (Å²) in [5.41, 5.74) is 5.66. The fourth-order valence-corrected chi connectivity index (χ4v) is 3.71. The molecule has 1 N–H and O–H groups in total. The highest BCUT2D eigenvalue weighted by molar-refractivity contribution is 7.07. The quantitative estimate of drug-likeness (QED) is 0.530. The van der Waals surface area contributed by atoms with Crippen molar-refractivity contribution < 1.29 is 14.6 Å². The van der Waals surface area contributed by atoms with E-state index in [1.165, 1.54) is 11.3 Å². The Kier molecular flexibility index (Phi) is 4.64. The average molecular weight is 378 g/mol. The highest BCUT2D eigenvalue weighted by Gasteiger charge is 2.19. The molecule has 0 saturated carbocycles. The SMILES string of the molecule is Cc1cccc(C(Oc2ccc3ccn(CC(=O)O)c3c2)c2cscn2)c1. The fraction of sp³-hybridized carbons (Fsp3) is 0.143. The molecule has 0 aliphatic heterocycles. The van der Waals surface area contributed by atoms with Crippen LogP contribution in [-0.2, 0) is 11.3 Å². The van der Waals surface area contributed by atoms with E-state index in [0.717, 1.165) is 27.7 Å². The third-order valence-electron chi connectivity index (χ3n) is 4.37. The van der Waals surface area contributed by atoms with Crippen LogP contribution in [0.4, 0.5) is 0 Å². The molecule has 0 radical (unpaired) electrons. The third-order valence-corrected chi connectivity index (χ3v) is 4.97. The standard InChI is InChI=1S/C21H18N2O3S/c1-14-3-2-4-16(9-14)21(18-12-27-13-22-18)26-17-6-5-15-7-8-23(11-20(24)25)19(15)10-17/h2-10,12-13,21H,11H2,1H3,(H,24,25). The number of aliphatic carboxylic acids is 1. The van der Waals surface area contributed by atoms with Gasteiger partial charge in [0.1, 0.15) is 12.3 Å². The molecule has 27 heavy (non-hydrogen) atoms. The van der Waals surface area contributed by atoms with Crippen molar-refractivity contribution in [3.05, 3.63) is 82.4 Å². The lowest BCUT2D eigenvalue weighted by Gasteiger charge is -2.19. The zero-order valence-corrected chi connectivity index (χ0v) is 15.5. The largest absolute Gasteiger partial charge is 0.480 e. The number of carboxylic acids is 1. The second-order valence-electron chi connectivity index (χ2n) is 6.38. The molecule has 4 aromatic rings. The summed E-state index contributed by atoms with van der Waals surface area (Å²) in [7, 11) is 0. The number of aryl methyl sites for hydroxylation is 1. The van der Waals surface area contributed by atoms with Crippen molar-refractivity contribution in [1.82, 2.24) is 9.55 Å². The molecule has 0 bridgehead atoms. The Balaban J connectivity index is 1.71. The van der Waals surface area contributed by atoms with Crippen molar-refractivity contribution in [2.24, 2.45) is 0 Å². The Bertz CT molecular complexity index is 1090. The summed E-state index contributed by atoms with van der Waals surface area (Å²) in [5, 5.41) is 12.1. The van der Waals surface area contributed by atoms with Crippen LogP contribution in [0, 0.1) is 6.92 Å². The van der Waals surface area contributed by atoms with Gasteiger partial charge in [0.15, 0.2) is 6.10 Å². The molecule has 2 heterocycles. The monoisotopic (exact) mass is 378 g/mol. The number of hydrogen-bond donors (Lipinski definition) is 1. The third kappa shape index (κ3) is 3.71. The zero-order chi connectivity index (χ0) is 18.8. The molecule has 4 rings (SSSR count). The summed E-state index contributed by atoms with van der Waals surface area (Å²) in [6.45, 7) is 1.97. The van der Waals surface area contributed by atoms with E-state index in [1.807, 2.05) is 54.8 Å².